The van der Waals surface area contributed by atoms with Gasteiger partial charge >= 0.3 is 5.97 Å². The van der Waals surface area contributed by atoms with Crippen molar-refractivity contribution in [2.75, 3.05) is 20.7 Å². The lowest BCUT2D eigenvalue weighted by atomic mass is 9.89. The van der Waals surface area contributed by atoms with Gasteiger partial charge in [-0.25, -0.2) is 0 Å². The van der Waals surface area contributed by atoms with E-state index in [1.54, 1.807) is 7.05 Å². The molecule has 0 bridgehead atoms. The van der Waals surface area contributed by atoms with Crippen molar-refractivity contribution >= 4 is 11.9 Å². The second-order valence-electron chi connectivity index (χ2n) is 3.97. The van der Waals surface area contributed by atoms with E-state index in [9.17, 15) is 9.59 Å². The van der Waals surface area contributed by atoms with Crippen LogP contribution in [0.25, 0.3) is 0 Å². The fraction of sp³-hybridized carbons (Fsp3) is 0.800. The molecule has 4 heteroatoms. The van der Waals surface area contributed by atoms with Gasteiger partial charge in [-0.1, -0.05) is 20.8 Å². The second kappa shape index (κ2) is 4.98. The summed E-state index contributed by atoms with van der Waals surface area (Å²) in [5.74, 6) is -0.432. The highest BCUT2D eigenvalue weighted by Crippen LogP contribution is 2.22. The topological polar surface area (TPSA) is 46.6 Å². The Balaban J connectivity index is 4.33. The quantitative estimate of drug-likeness (QED) is 0.639. The van der Waals surface area contributed by atoms with Crippen LogP contribution in [0.4, 0.5) is 0 Å². The molecule has 1 amide bonds. The smallest absolute Gasteiger partial charge is 0.325 e. The van der Waals surface area contributed by atoms with Crippen LogP contribution in [0.2, 0.25) is 0 Å². The molecule has 0 aromatic rings. The lowest BCUT2D eigenvalue weighted by Crippen LogP contribution is -2.41. The van der Waals surface area contributed by atoms with E-state index in [0.29, 0.717) is 0 Å². The molecule has 0 atom stereocenters. The van der Waals surface area contributed by atoms with E-state index in [4.69, 9.17) is 0 Å². The summed E-state index contributed by atoms with van der Waals surface area (Å²) in [6.45, 7) is 5.69. The number of hydrogen-bond donors (Lipinski definition) is 0. The number of methoxy groups -OCH3 is 1. The third kappa shape index (κ3) is 3.36. The minimum absolute atomic E-state index is 0.0127. The van der Waals surface area contributed by atoms with Gasteiger partial charge in [0.1, 0.15) is 6.54 Å². The SMILES string of the molecule is CCC(C)(C)C(=O)N(C)CC(=O)OC. The van der Waals surface area contributed by atoms with E-state index in [0.717, 1.165) is 6.42 Å². The van der Waals surface area contributed by atoms with Crippen LogP contribution in [0.15, 0.2) is 0 Å². The number of nitrogens with zero attached hydrogens (tertiary/aromatic N) is 1. The molecule has 0 rings (SSSR count). The van der Waals surface area contributed by atoms with E-state index in [-0.39, 0.29) is 12.5 Å². The summed E-state index contributed by atoms with van der Waals surface area (Å²) in [4.78, 5) is 24.1. The van der Waals surface area contributed by atoms with Crippen LogP contribution in [0.1, 0.15) is 27.2 Å². The molecule has 0 heterocycles. The van der Waals surface area contributed by atoms with E-state index >= 15 is 0 Å². The highest BCUT2D eigenvalue weighted by atomic mass is 16.5. The number of amides is 1. The van der Waals surface area contributed by atoms with Crippen molar-refractivity contribution in [3.63, 3.8) is 0 Å². The molecule has 0 aromatic carbocycles. The minimum Gasteiger partial charge on any atom is -0.468 e. The number of esters is 1. The molecule has 0 aliphatic rings. The summed E-state index contributed by atoms with van der Waals surface area (Å²) in [7, 11) is 2.92. The Morgan fingerprint density at radius 2 is 1.86 bits per heavy atom. The monoisotopic (exact) mass is 201 g/mol. The van der Waals surface area contributed by atoms with Gasteiger partial charge in [-0.15, -0.1) is 0 Å². The number of carbonyl (C=O) groups is 2. The normalized spacial score (nSPS) is 10.9. The van der Waals surface area contributed by atoms with Gasteiger partial charge in [0.25, 0.3) is 0 Å². The van der Waals surface area contributed by atoms with Gasteiger partial charge in [-0.2, -0.15) is 0 Å². The predicted octanol–water partition coefficient (Wildman–Crippen LogP) is 1.05. The van der Waals surface area contributed by atoms with Gasteiger partial charge in [0.05, 0.1) is 7.11 Å². The Morgan fingerprint density at radius 1 is 1.36 bits per heavy atom. The van der Waals surface area contributed by atoms with Crippen LogP contribution in [0.5, 0.6) is 0 Å². The predicted molar refractivity (Wildman–Crippen MR) is 53.7 cm³/mol. The van der Waals surface area contributed by atoms with Crippen LogP contribution >= 0.6 is 0 Å². The maximum Gasteiger partial charge on any atom is 0.325 e. The molecule has 0 radical (unpaired) electrons. The van der Waals surface area contributed by atoms with Gasteiger partial charge in [-0.3, -0.25) is 9.59 Å². The van der Waals surface area contributed by atoms with E-state index in [1.807, 2.05) is 20.8 Å². The first-order valence-corrected chi connectivity index (χ1v) is 4.67. The lowest BCUT2D eigenvalue weighted by molar-refractivity contribution is -0.149. The summed E-state index contributed by atoms with van der Waals surface area (Å²) in [5, 5.41) is 0. The molecule has 0 aliphatic heterocycles. The molecule has 0 aliphatic carbocycles. The second-order valence-corrected chi connectivity index (χ2v) is 3.97. The number of carbonyl (C=O) groups excluding carboxylic acids is 2. The summed E-state index contributed by atoms with van der Waals surface area (Å²) < 4.78 is 4.48. The first-order chi connectivity index (χ1) is 6.35. The Kier molecular flexibility index (Phi) is 4.60. The van der Waals surface area contributed by atoms with Crippen molar-refractivity contribution in [2.24, 2.45) is 5.41 Å². The minimum atomic E-state index is -0.414. The van der Waals surface area contributed by atoms with E-state index in [1.165, 1.54) is 12.0 Å². The first-order valence-electron chi connectivity index (χ1n) is 4.67. The zero-order valence-corrected chi connectivity index (χ0v) is 9.59. The molecular weight excluding hydrogens is 182 g/mol. The van der Waals surface area contributed by atoms with Gasteiger partial charge in [0.2, 0.25) is 5.91 Å². The fourth-order valence-electron chi connectivity index (χ4n) is 0.998. The maximum absolute atomic E-state index is 11.8. The van der Waals surface area contributed by atoms with Crippen molar-refractivity contribution in [3.8, 4) is 0 Å². The molecule has 4 nitrogen and oxygen atoms in total. The van der Waals surface area contributed by atoms with Crippen LogP contribution < -0.4 is 0 Å². The Labute approximate surface area is 85.2 Å². The van der Waals surface area contributed by atoms with E-state index in [2.05, 4.69) is 4.74 Å². The average Bonchev–Trinajstić information content (AvgIpc) is 2.16. The van der Waals surface area contributed by atoms with Crippen molar-refractivity contribution in [1.82, 2.24) is 4.90 Å². The zero-order valence-electron chi connectivity index (χ0n) is 9.59. The zero-order chi connectivity index (χ0) is 11.4. The number of ether oxygens (including phenoxy) is 1. The highest BCUT2D eigenvalue weighted by molar-refractivity contribution is 5.85. The van der Waals surface area contributed by atoms with E-state index < -0.39 is 11.4 Å². The third-order valence-corrected chi connectivity index (χ3v) is 2.40. The molecule has 0 saturated heterocycles. The van der Waals surface area contributed by atoms with Crippen LogP contribution in [0, 0.1) is 5.41 Å². The van der Waals surface area contributed by atoms with Crippen LogP contribution in [-0.4, -0.2) is 37.5 Å². The molecule has 0 spiro atoms. The van der Waals surface area contributed by atoms with Gasteiger partial charge in [-0.05, 0) is 6.42 Å². The largest absolute Gasteiger partial charge is 0.468 e. The van der Waals surface area contributed by atoms with Crippen LogP contribution in [0.3, 0.4) is 0 Å². The molecule has 0 aromatic heterocycles. The van der Waals surface area contributed by atoms with Gasteiger partial charge in [0, 0.05) is 12.5 Å². The lowest BCUT2D eigenvalue weighted by Gasteiger charge is -2.27. The standard InChI is InChI=1S/C10H19NO3/c1-6-10(2,3)9(13)11(4)7-8(12)14-5/h6-7H2,1-5H3. The summed E-state index contributed by atoms with van der Waals surface area (Å²) in [6, 6.07) is 0. The maximum atomic E-state index is 11.8. The van der Waals surface area contributed by atoms with Gasteiger partial charge < -0.3 is 9.64 Å². The van der Waals surface area contributed by atoms with Crippen molar-refractivity contribution in [2.45, 2.75) is 27.2 Å². The fourth-order valence-corrected chi connectivity index (χ4v) is 0.998. The first kappa shape index (κ1) is 12.9. The average molecular weight is 201 g/mol. The van der Waals surface area contributed by atoms with Crippen molar-refractivity contribution in [1.29, 1.82) is 0 Å². The molecular formula is C10H19NO3. The molecule has 0 saturated carbocycles. The molecule has 0 N–H and O–H groups in total. The summed E-state index contributed by atoms with van der Waals surface area (Å²) >= 11 is 0. The molecule has 82 valence electrons. The van der Waals surface area contributed by atoms with Crippen molar-refractivity contribution < 1.29 is 14.3 Å². The molecule has 14 heavy (non-hydrogen) atoms. The van der Waals surface area contributed by atoms with Crippen molar-refractivity contribution in [3.05, 3.63) is 0 Å². The summed E-state index contributed by atoms with van der Waals surface area (Å²) in [6.07, 6.45) is 0.747. The Morgan fingerprint density at radius 3 is 2.21 bits per heavy atom. The number of hydrogen-bond acceptors (Lipinski definition) is 3. The number of rotatable bonds is 4. The number of likely N-dealkylation sites (N-methyl/N-ethyl adjacent to an activating group) is 1. The Hall–Kier alpha value is -1.06. The third-order valence-electron chi connectivity index (χ3n) is 2.40. The molecule has 0 fully saturated rings. The Bertz CT molecular complexity index is 223. The highest BCUT2D eigenvalue weighted by Gasteiger charge is 2.29. The molecule has 0 unspecified atom stereocenters. The van der Waals surface area contributed by atoms with Crippen LogP contribution in [-0.2, 0) is 14.3 Å². The van der Waals surface area contributed by atoms with Gasteiger partial charge in [0.15, 0.2) is 0 Å². The summed E-state index contributed by atoms with van der Waals surface area (Å²) in [5.41, 5.74) is -0.414.